The summed E-state index contributed by atoms with van der Waals surface area (Å²) in [5, 5.41) is 7.04. The van der Waals surface area contributed by atoms with Gasteiger partial charge in [0.25, 0.3) is 0 Å². The third-order valence-corrected chi connectivity index (χ3v) is 1.42. The first-order chi connectivity index (χ1) is 3.72. The van der Waals surface area contributed by atoms with Gasteiger partial charge in [0.2, 0.25) is 9.78 Å². The molecule has 0 bridgehead atoms. The summed E-state index contributed by atoms with van der Waals surface area (Å²) < 4.78 is 1.79. The molecule has 1 heterocycles. The van der Waals surface area contributed by atoms with Crippen molar-refractivity contribution in [2.75, 3.05) is 11.6 Å². The van der Waals surface area contributed by atoms with Crippen LogP contribution in [0.2, 0.25) is 0 Å². The summed E-state index contributed by atoms with van der Waals surface area (Å²) in [4.78, 5) is 0. The van der Waals surface area contributed by atoms with E-state index in [1.165, 1.54) is 4.68 Å². The summed E-state index contributed by atoms with van der Waals surface area (Å²) in [5.74, 6) is 5.49. The highest BCUT2D eigenvalue weighted by Crippen LogP contribution is 1.98. The van der Waals surface area contributed by atoms with Crippen LogP contribution in [0, 0.1) is 3.83 Å². The second-order valence-corrected chi connectivity index (χ2v) is 2.16. The predicted octanol–water partition coefficient (Wildman–Crippen LogP) is -0.821. The van der Waals surface area contributed by atoms with Crippen molar-refractivity contribution in [3.05, 3.63) is 3.83 Å². The monoisotopic (exact) mass is 225 g/mol. The fourth-order valence-electron chi connectivity index (χ4n) is 0.283. The first-order valence-corrected chi connectivity index (χ1v) is 2.91. The Labute approximate surface area is 59.2 Å². The predicted molar refractivity (Wildman–Crippen MR) is 37.3 cm³/mol. The molecule has 0 aliphatic carbocycles. The highest BCUT2D eigenvalue weighted by Gasteiger charge is 1.98. The molecule has 0 atom stereocenters. The zero-order valence-corrected chi connectivity index (χ0v) is 6.03. The Bertz CT molecular complexity index is 173. The zero-order valence-electron chi connectivity index (χ0n) is 3.87. The zero-order chi connectivity index (χ0) is 6.15. The summed E-state index contributed by atoms with van der Waals surface area (Å²) in [5.41, 5.74) is 5.20. The van der Waals surface area contributed by atoms with E-state index in [-0.39, 0.29) is 5.95 Å². The molecule has 0 saturated heterocycles. The van der Waals surface area contributed by atoms with Crippen LogP contribution in [0.4, 0.5) is 5.95 Å². The number of rotatable bonds is 0. The van der Waals surface area contributed by atoms with Gasteiger partial charge in [-0.1, -0.05) is 0 Å². The van der Waals surface area contributed by atoms with Crippen LogP contribution in [-0.2, 0) is 0 Å². The highest BCUT2D eigenvalue weighted by atomic mass is 127. The minimum Gasteiger partial charge on any atom is -0.366 e. The van der Waals surface area contributed by atoms with Crippen LogP contribution in [0.5, 0.6) is 0 Å². The molecule has 44 valence electrons. The van der Waals surface area contributed by atoms with Crippen molar-refractivity contribution in [3.8, 4) is 0 Å². The number of nitrogens with two attached hydrogens (primary N) is 2. The lowest BCUT2D eigenvalue weighted by molar-refractivity contribution is 0.965. The van der Waals surface area contributed by atoms with E-state index in [0.29, 0.717) is 3.83 Å². The van der Waals surface area contributed by atoms with Crippen LogP contribution < -0.4 is 11.6 Å². The van der Waals surface area contributed by atoms with Crippen molar-refractivity contribution < 1.29 is 0 Å². The molecule has 8 heavy (non-hydrogen) atoms. The lowest BCUT2D eigenvalue weighted by Gasteiger charge is -1.89. The van der Waals surface area contributed by atoms with E-state index in [9.17, 15) is 0 Å². The quantitative estimate of drug-likeness (QED) is 0.446. The second kappa shape index (κ2) is 1.77. The van der Waals surface area contributed by atoms with Gasteiger partial charge in [-0.2, -0.15) is 0 Å². The lowest BCUT2D eigenvalue weighted by atomic mass is 11.1. The number of nitrogen functional groups attached to an aromatic ring is 2. The number of aromatic nitrogens is 3. The maximum Gasteiger partial charge on any atom is 0.241 e. The minimum absolute atomic E-state index is 0.231. The standard InChI is InChI=1S/C2H4IN5/c3-1-6-7-2(4)8(1)5/h5H2,(H2,4,7). The van der Waals surface area contributed by atoms with E-state index in [4.69, 9.17) is 11.6 Å². The van der Waals surface area contributed by atoms with Gasteiger partial charge in [-0.25, -0.2) is 4.68 Å². The largest absolute Gasteiger partial charge is 0.366 e. The van der Waals surface area contributed by atoms with Crippen molar-refractivity contribution in [1.29, 1.82) is 0 Å². The Hall–Kier alpha value is -0.530. The van der Waals surface area contributed by atoms with Crippen molar-refractivity contribution >= 4 is 28.5 Å². The maximum atomic E-state index is 5.26. The average molecular weight is 225 g/mol. The lowest BCUT2D eigenvalue weighted by Crippen LogP contribution is -2.13. The van der Waals surface area contributed by atoms with Crippen LogP contribution in [0.1, 0.15) is 0 Å². The highest BCUT2D eigenvalue weighted by molar-refractivity contribution is 14.1. The summed E-state index contributed by atoms with van der Waals surface area (Å²) in [6.45, 7) is 0. The Balaban J connectivity index is 3.19. The van der Waals surface area contributed by atoms with Crippen LogP contribution in [0.15, 0.2) is 0 Å². The van der Waals surface area contributed by atoms with Gasteiger partial charge in [-0.05, 0) is 0 Å². The second-order valence-electron chi connectivity index (χ2n) is 1.20. The summed E-state index contributed by atoms with van der Waals surface area (Å²) in [6.07, 6.45) is 0. The third-order valence-electron chi connectivity index (χ3n) is 0.681. The Morgan fingerprint density at radius 1 is 1.50 bits per heavy atom. The topological polar surface area (TPSA) is 82.8 Å². The van der Waals surface area contributed by atoms with Crippen LogP contribution in [-0.4, -0.2) is 14.9 Å². The van der Waals surface area contributed by atoms with Gasteiger partial charge in [-0.3, -0.25) is 0 Å². The van der Waals surface area contributed by atoms with E-state index in [0.717, 1.165) is 0 Å². The molecule has 6 heteroatoms. The van der Waals surface area contributed by atoms with E-state index in [2.05, 4.69) is 10.2 Å². The number of nitrogens with zero attached hydrogens (tertiary/aromatic N) is 3. The van der Waals surface area contributed by atoms with Crippen LogP contribution >= 0.6 is 22.6 Å². The summed E-state index contributed by atoms with van der Waals surface area (Å²) in [7, 11) is 0. The number of hydrogen-bond acceptors (Lipinski definition) is 4. The van der Waals surface area contributed by atoms with Gasteiger partial charge in [0.15, 0.2) is 0 Å². The van der Waals surface area contributed by atoms with Crippen molar-refractivity contribution in [2.24, 2.45) is 0 Å². The Kier molecular flexibility index (Phi) is 1.24. The van der Waals surface area contributed by atoms with Crippen molar-refractivity contribution in [3.63, 3.8) is 0 Å². The van der Waals surface area contributed by atoms with E-state index >= 15 is 0 Å². The molecule has 0 spiro atoms. The molecule has 5 nitrogen and oxygen atoms in total. The van der Waals surface area contributed by atoms with Crippen LogP contribution in [0.3, 0.4) is 0 Å². The normalized spacial score (nSPS) is 9.62. The number of hydrogen-bond donors (Lipinski definition) is 2. The number of halogens is 1. The molecule has 1 rings (SSSR count). The molecule has 0 amide bonds. The molecular weight excluding hydrogens is 221 g/mol. The van der Waals surface area contributed by atoms with Gasteiger partial charge in [0.1, 0.15) is 0 Å². The van der Waals surface area contributed by atoms with Gasteiger partial charge in [-0.15, -0.1) is 10.2 Å². The molecule has 0 aliphatic rings. The van der Waals surface area contributed by atoms with Gasteiger partial charge >= 0.3 is 0 Å². The van der Waals surface area contributed by atoms with Crippen molar-refractivity contribution in [1.82, 2.24) is 14.9 Å². The van der Waals surface area contributed by atoms with Gasteiger partial charge in [0, 0.05) is 22.6 Å². The summed E-state index contributed by atoms with van der Waals surface area (Å²) in [6, 6.07) is 0. The van der Waals surface area contributed by atoms with E-state index in [1.54, 1.807) is 0 Å². The Morgan fingerprint density at radius 3 is 2.25 bits per heavy atom. The molecule has 1 aromatic rings. The van der Waals surface area contributed by atoms with Gasteiger partial charge in [0.05, 0.1) is 0 Å². The molecule has 0 radical (unpaired) electrons. The fraction of sp³-hybridized carbons (Fsp3) is 0. The molecule has 0 saturated carbocycles. The fourth-order valence-corrected chi connectivity index (χ4v) is 0.638. The first kappa shape index (κ1) is 5.60. The SMILES string of the molecule is Nc1nnc(I)n1N. The smallest absolute Gasteiger partial charge is 0.241 e. The maximum absolute atomic E-state index is 5.26. The van der Waals surface area contributed by atoms with Crippen LogP contribution in [0.25, 0.3) is 0 Å². The van der Waals surface area contributed by atoms with Crippen molar-refractivity contribution in [2.45, 2.75) is 0 Å². The number of anilines is 1. The molecule has 0 fully saturated rings. The Morgan fingerprint density at radius 2 is 2.12 bits per heavy atom. The van der Waals surface area contributed by atoms with E-state index in [1.807, 2.05) is 22.6 Å². The molecule has 0 aliphatic heterocycles. The molecule has 0 aromatic carbocycles. The third kappa shape index (κ3) is 0.703. The average Bonchev–Trinajstić information content (AvgIpc) is 1.98. The minimum atomic E-state index is 0.231. The molecule has 1 aromatic heterocycles. The molecular formula is C2H4IN5. The molecule has 4 N–H and O–H groups in total. The van der Waals surface area contributed by atoms with Gasteiger partial charge < -0.3 is 11.6 Å². The summed E-state index contributed by atoms with van der Waals surface area (Å²) >= 11 is 1.93. The molecule has 0 unspecified atom stereocenters. The van der Waals surface area contributed by atoms with E-state index < -0.39 is 0 Å². The first-order valence-electron chi connectivity index (χ1n) is 1.83.